The Bertz CT molecular complexity index is 1270. The summed E-state index contributed by atoms with van der Waals surface area (Å²) in [5.41, 5.74) is 8.34. The third-order valence-electron chi connectivity index (χ3n) is 14.3. The van der Waals surface area contributed by atoms with Crippen LogP contribution in [0.25, 0.3) is 0 Å². The fourth-order valence-corrected chi connectivity index (χ4v) is 12.3. The molecule has 1 saturated heterocycles. The normalized spacial score (nSPS) is 41.3. The number of ether oxygens (including phenoxy) is 1. The van der Waals surface area contributed by atoms with Crippen molar-refractivity contribution in [3.63, 3.8) is 0 Å². The van der Waals surface area contributed by atoms with Gasteiger partial charge in [0.2, 0.25) is 5.91 Å². The second-order valence-electron chi connectivity index (χ2n) is 18.4. The lowest BCUT2D eigenvalue weighted by Crippen LogP contribution is -2.64. The van der Waals surface area contributed by atoms with E-state index >= 15 is 0 Å². The fraction of sp³-hybridized carbons (Fsp3) is 0.868. The molecule has 6 aliphatic rings. The number of allylic oxidation sites excluding steroid dienone is 1. The molecule has 7 heteroatoms. The molecule has 0 aromatic carbocycles. The first-order chi connectivity index (χ1) is 20.9. The molecule has 0 bridgehead atoms. The van der Waals surface area contributed by atoms with E-state index in [2.05, 4.69) is 41.5 Å². The second kappa shape index (κ2) is 10.8. The van der Waals surface area contributed by atoms with Crippen LogP contribution in [0.4, 0.5) is 4.79 Å². The van der Waals surface area contributed by atoms with Gasteiger partial charge in [0, 0.05) is 38.6 Å². The van der Waals surface area contributed by atoms with Gasteiger partial charge in [-0.15, -0.1) is 0 Å². The van der Waals surface area contributed by atoms with Crippen molar-refractivity contribution in [2.45, 2.75) is 132 Å². The minimum absolute atomic E-state index is 0.115. The number of carbonyl (C=O) groups is 3. The molecule has 7 nitrogen and oxygen atoms in total. The SMILES string of the molecule is CC(C)C1=C2[C@H]3CCC4C(C)(CCC5C(C)(C)C(N)CCC54C)C3CC[C@@]2(C(=O)N2CCN(C(=O)OC(C)(C)C)CC2)CC1=O. The lowest BCUT2D eigenvalue weighted by atomic mass is 9.36. The van der Waals surface area contributed by atoms with E-state index < -0.39 is 11.0 Å². The monoisotopic (exact) mass is 623 g/mol. The number of hydrogen-bond acceptors (Lipinski definition) is 5. The van der Waals surface area contributed by atoms with Crippen LogP contribution in [0.3, 0.4) is 0 Å². The molecule has 0 spiro atoms. The molecule has 1 aliphatic heterocycles. The highest BCUT2D eigenvalue weighted by molar-refractivity contribution is 6.07. The van der Waals surface area contributed by atoms with E-state index in [-0.39, 0.29) is 46.0 Å². The van der Waals surface area contributed by atoms with E-state index in [4.69, 9.17) is 10.5 Å². The van der Waals surface area contributed by atoms with Crippen molar-refractivity contribution in [2.75, 3.05) is 26.2 Å². The molecule has 0 radical (unpaired) electrons. The summed E-state index contributed by atoms with van der Waals surface area (Å²) in [7, 11) is 0. The number of hydrogen-bond donors (Lipinski definition) is 1. The van der Waals surface area contributed by atoms with Crippen molar-refractivity contribution < 1.29 is 19.1 Å². The molecule has 0 aromatic heterocycles. The van der Waals surface area contributed by atoms with Crippen LogP contribution in [0.5, 0.6) is 0 Å². The zero-order chi connectivity index (χ0) is 32.9. The van der Waals surface area contributed by atoms with Crippen LogP contribution in [-0.4, -0.2) is 65.4 Å². The van der Waals surface area contributed by atoms with Crippen LogP contribution in [0.15, 0.2) is 11.1 Å². The number of amides is 2. The predicted molar refractivity (Wildman–Crippen MR) is 177 cm³/mol. The number of Topliss-reactive ketones (excluding diaryl/α,β-unsaturated/α-hetero) is 1. The number of nitrogens with two attached hydrogens (primary N) is 1. The van der Waals surface area contributed by atoms with E-state index in [1.165, 1.54) is 31.3 Å². The fourth-order valence-electron chi connectivity index (χ4n) is 12.3. The molecular weight excluding hydrogens is 562 g/mol. The van der Waals surface area contributed by atoms with Crippen molar-refractivity contribution >= 4 is 17.8 Å². The van der Waals surface area contributed by atoms with Crippen molar-refractivity contribution in [3.8, 4) is 0 Å². The van der Waals surface area contributed by atoms with E-state index in [1.54, 1.807) is 4.90 Å². The molecule has 1 heterocycles. The van der Waals surface area contributed by atoms with Crippen molar-refractivity contribution in [1.82, 2.24) is 9.80 Å². The molecule has 6 unspecified atom stereocenters. The summed E-state index contributed by atoms with van der Waals surface area (Å²) in [6.45, 7) is 21.9. The van der Waals surface area contributed by atoms with Crippen LogP contribution in [0, 0.1) is 51.2 Å². The van der Waals surface area contributed by atoms with Gasteiger partial charge in [0.05, 0.1) is 5.41 Å². The third-order valence-corrected chi connectivity index (χ3v) is 14.3. The van der Waals surface area contributed by atoms with Crippen molar-refractivity contribution in [3.05, 3.63) is 11.1 Å². The van der Waals surface area contributed by atoms with Gasteiger partial charge in [-0.3, -0.25) is 9.59 Å². The molecule has 4 saturated carbocycles. The van der Waals surface area contributed by atoms with Gasteiger partial charge in [-0.05, 0) is 129 Å². The second-order valence-corrected chi connectivity index (χ2v) is 18.4. The van der Waals surface area contributed by atoms with Crippen molar-refractivity contribution in [1.29, 1.82) is 0 Å². The van der Waals surface area contributed by atoms with E-state index in [9.17, 15) is 14.4 Å². The summed E-state index contributed by atoms with van der Waals surface area (Å²) in [5.74, 6) is 2.56. The summed E-state index contributed by atoms with van der Waals surface area (Å²) < 4.78 is 5.61. The molecule has 252 valence electrons. The predicted octanol–water partition coefficient (Wildman–Crippen LogP) is 6.98. The Hall–Kier alpha value is -1.89. The Morgan fingerprint density at radius 3 is 2.09 bits per heavy atom. The smallest absolute Gasteiger partial charge is 0.410 e. The summed E-state index contributed by atoms with van der Waals surface area (Å²) in [4.78, 5) is 45.1. The topological polar surface area (TPSA) is 92.9 Å². The Kier molecular flexibility index (Phi) is 7.94. The molecule has 2 N–H and O–H groups in total. The number of piperazine rings is 1. The van der Waals surface area contributed by atoms with Gasteiger partial charge in [0.25, 0.3) is 0 Å². The van der Waals surface area contributed by atoms with Crippen molar-refractivity contribution in [2.24, 2.45) is 57.0 Å². The molecule has 45 heavy (non-hydrogen) atoms. The zero-order valence-electron chi connectivity index (χ0n) is 29.8. The number of carbonyl (C=O) groups excluding carboxylic acids is 3. The molecule has 5 aliphatic carbocycles. The Balaban J connectivity index is 1.29. The van der Waals surface area contributed by atoms with Crippen LogP contribution in [0.2, 0.25) is 0 Å². The average Bonchev–Trinajstić information content (AvgIpc) is 3.27. The first kappa shape index (κ1) is 33.0. The van der Waals surface area contributed by atoms with Crippen LogP contribution in [0.1, 0.15) is 120 Å². The number of nitrogens with zero attached hydrogens (tertiary/aromatic N) is 2. The number of ketones is 1. The maximum atomic E-state index is 14.7. The first-order valence-corrected chi connectivity index (χ1v) is 18.2. The Morgan fingerprint density at radius 2 is 1.47 bits per heavy atom. The van der Waals surface area contributed by atoms with Crippen LogP contribution < -0.4 is 5.73 Å². The van der Waals surface area contributed by atoms with Gasteiger partial charge < -0.3 is 20.3 Å². The largest absolute Gasteiger partial charge is 0.444 e. The van der Waals surface area contributed by atoms with Gasteiger partial charge in [0.1, 0.15) is 5.60 Å². The molecular formula is C38H61N3O4. The third kappa shape index (κ3) is 4.94. The minimum Gasteiger partial charge on any atom is -0.444 e. The summed E-state index contributed by atoms with van der Waals surface area (Å²) in [6, 6.07) is 0.270. The maximum absolute atomic E-state index is 14.7. The minimum atomic E-state index is -0.712. The summed E-state index contributed by atoms with van der Waals surface area (Å²) in [5, 5.41) is 0. The number of rotatable bonds is 2. The Morgan fingerprint density at radius 1 is 0.844 bits per heavy atom. The first-order valence-electron chi connectivity index (χ1n) is 18.2. The van der Waals surface area contributed by atoms with Crippen LogP contribution >= 0.6 is 0 Å². The molecule has 2 amide bonds. The molecule has 6 rings (SSSR count). The summed E-state index contributed by atoms with van der Waals surface area (Å²) >= 11 is 0. The van der Waals surface area contributed by atoms with Gasteiger partial charge in [-0.2, -0.15) is 0 Å². The standard InChI is InChI=1S/C38H61N3O4/c1-23(2)30-26(42)22-38(32(43)40-18-20-41(21-19-40)33(44)45-34(3,4)5)17-12-25-24(31(30)38)10-11-28-36(25,8)15-13-27-35(6,7)29(39)14-16-37(27,28)9/h23-25,27-29H,10-22,39H2,1-9H3/t24-,25?,27?,28?,29?,36?,37?,38+/m0/s1. The van der Waals surface area contributed by atoms with Gasteiger partial charge in [0.15, 0.2) is 5.78 Å². The van der Waals surface area contributed by atoms with Crippen LogP contribution in [-0.2, 0) is 14.3 Å². The summed E-state index contributed by atoms with van der Waals surface area (Å²) in [6.07, 6.45) is 8.85. The van der Waals surface area contributed by atoms with E-state index in [0.29, 0.717) is 56.3 Å². The lowest BCUT2D eigenvalue weighted by Gasteiger charge is -2.69. The molecule has 5 fully saturated rings. The van der Waals surface area contributed by atoms with Gasteiger partial charge >= 0.3 is 6.09 Å². The van der Waals surface area contributed by atoms with Gasteiger partial charge in [-0.1, -0.05) is 41.5 Å². The Labute approximate surface area is 272 Å². The number of fused-ring (bicyclic) bond motifs is 7. The highest BCUT2D eigenvalue weighted by Gasteiger charge is 2.67. The zero-order valence-corrected chi connectivity index (χ0v) is 29.8. The highest BCUT2D eigenvalue weighted by atomic mass is 16.6. The molecule has 8 atom stereocenters. The average molecular weight is 624 g/mol. The quantitative estimate of drug-likeness (QED) is 0.358. The lowest BCUT2D eigenvalue weighted by molar-refractivity contribution is -0.184. The van der Waals surface area contributed by atoms with E-state index in [1.807, 2.05) is 25.7 Å². The van der Waals surface area contributed by atoms with Gasteiger partial charge in [-0.25, -0.2) is 4.79 Å². The maximum Gasteiger partial charge on any atom is 0.410 e. The highest BCUT2D eigenvalue weighted by Crippen LogP contribution is 2.72. The molecule has 0 aromatic rings. The van der Waals surface area contributed by atoms with E-state index in [0.717, 1.165) is 31.3 Å².